The number of alkyl halides is 3. The zero-order valence-electron chi connectivity index (χ0n) is 12.1. The van der Waals surface area contributed by atoms with E-state index in [9.17, 15) is 18.0 Å². The number of halogens is 3. The number of hydrogen-bond acceptors (Lipinski definition) is 3. The zero-order chi connectivity index (χ0) is 16.9. The summed E-state index contributed by atoms with van der Waals surface area (Å²) in [5, 5.41) is 0. The van der Waals surface area contributed by atoms with Crippen LogP contribution in [0, 0.1) is 0 Å². The minimum atomic E-state index is -4.62. The molecule has 2 aromatic carbocycles. The van der Waals surface area contributed by atoms with Crippen LogP contribution in [0.2, 0.25) is 0 Å². The minimum Gasteiger partial charge on any atom is -0.497 e. The normalized spacial score (nSPS) is 11.9. The second kappa shape index (κ2) is 7.00. The van der Waals surface area contributed by atoms with Crippen LogP contribution >= 0.6 is 0 Å². The molecule has 0 heterocycles. The van der Waals surface area contributed by atoms with Gasteiger partial charge in [-0.15, -0.1) is 0 Å². The van der Waals surface area contributed by atoms with E-state index in [1.165, 1.54) is 43.5 Å². The predicted molar refractivity (Wildman–Crippen MR) is 78.9 cm³/mol. The Morgan fingerprint density at radius 2 is 1.57 bits per heavy atom. The third-order valence-electron chi connectivity index (χ3n) is 2.88. The fourth-order valence-electron chi connectivity index (χ4n) is 1.81. The van der Waals surface area contributed by atoms with E-state index in [0.29, 0.717) is 5.75 Å². The van der Waals surface area contributed by atoms with E-state index >= 15 is 0 Å². The average molecular weight is 322 g/mol. The molecule has 120 valence electrons. The summed E-state index contributed by atoms with van der Waals surface area (Å²) in [5.41, 5.74) is 0.279. The summed E-state index contributed by atoms with van der Waals surface area (Å²) in [5.74, 6) is -0.958. The lowest BCUT2D eigenvalue weighted by Gasteiger charge is -2.11. The molecule has 0 aromatic heterocycles. The Kier molecular flexibility index (Phi) is 5.05. The second-order valence-electron chi connectivity index (χ2n) is 4.53. The highest BCUT2D eigenvalue weighted by atomic mass is 19.4. The van der Waals surface area contributed by atoms with Crippen molar-refractivity contribution in [1.29, 1.82) is 0 Å². The average Bonchev–Trinajstić information content (AvgIpc) is 2.54. The van der Waals surface area contributed by atoms with E-state index < -0.39 is 17.9 Å². The molecule has 0 saturated carbocycles. The first-order valence-electron chi connectivity index (χ1n) is 6.60. The monoisotopic (exact) mass is 322 g/mol. The topological polar surface area (TPSA) is 35.5 Å². The maximum Gasteiger partial charge on any atom is 0.413 e. The van der Waals surface area contributed by atoms with Crippen molar-refractivity contribution >= 4 is 11.7 Å². The number of carbonyl (C=O) groups is 1. The van der Waals surface area contributed by atoms with Crippen LogP contribution in [0.15, 0.2) is 60.7 Å². The second-order valence-corrected chi connectivity index (χ2v) is 4.53. The van der Waals surface area contributed by atoms with Gasteiger partial charge in [-0.2, -0.15) is 13.2 Å². The van der Waals surface area contributed by atoms with Gasteiger partial charge in [-0.25, -0.2) is 4.79 Å². The number of rotatable bonds is 4. The highest BCUT2D eigenvalue weighted by Crippen LogP contribution is 2.27. The molecule has 0 N–H and O–H groups in total. The molecule has 0 saturated heterocycles. The Labute approximate surface area is 131 Å². The van der Waals surface area contributed by atoms with Crippen molar-refractivity contribution in [3.63, 3.8) is 0 Å². The van der Waals surface area contributed by atoms with Gasteiger partial charge in [-0.1, -0.05) is 18.2 Å². The first-order valence-corrected chi connectivity index (χ1v) is 6.60. The van der Waals surface area contributed by atoms with Crippen LogP contribution in [-0.4, -0.2) is 19.3 Å². The summed E-state index contributed by atoms with van der Waals surface area (Å²) in [6.07, 6.45) is -4.66. The highest BCUT2D eigenvalue weighted by Gasteiger charge is 2.27. The Balaban J connectivity index is 2.31. The summed E-state index contributed by atoms with van der Waals surface area (Å²) in [6.45, 7) is 0. The van der Waals surface area contributed by atoms with Gasteiger partial charge in [-0.05, 0) is 36.4 Å². The van der Waals surface area contributed by atoms with E-state index in [2.05, 4.69) is 0 Å². The van der Waals surface area contributed by atoms with Crippen molar-refractivity contribution in [2.24, 2.45) is 0 Å². The van der Waals surface area contributed by atoms with Gasteiger partial charge in [0.25, 0.3) is 0 Å². The first-order chi connectivity index (χ1) is 10.9. The molecule has 6 heteroatoms. The molecule has 23 heavy (non-hydrogen) atoms. The van der Waals surface area contributed by atoms with Crippen molar-refractivity contribution in [1.82, 2.24) is 0 Å². The van der Waals surface area contributed by atoms with Crippen molar-refractivity contribution in [3.05, 3.63) is 71.8 Å². The quantitative estimate of drug-likeness (QED) is 0.616. The number of hydrogen-bond donors (Lipinski definition) is 0. The molecule has 2 aromatic rings. The number of esters is 1. The molecule has 0 atom stereocenters. The zero-order valence-corrected chi connectivity index (χ0v) is 12.1. The molecule has 0 fully saturated rings. The summed E-state index contributed by atoms with van der Waals surface area (Å²) in [4.78, 5) is 12.0. The van der Waals surface area contributed by atoms with Gasteiger partial charge in [0.2, 0.25) is 0 Å². The van der Waals surface area contributed by atoms with Gasteiger partial charge in [0.15, 0.2) is 0 Å². The summed E-state index contributed by atoms with van der Waals surface area (Å²) >= 11 is 0. The molecule has 0 radical (unpaired) electrons. The molecule has 3 nitrogen and oxygen atoms in total. The fourth-order valence-corrected chi connectivity index (χ4v) is 1.81. The Bertz CT molecular complexity index is 689. The molecule has 0 aliphatic heterocycles. The maximum atomic E-state index is 12.7. The van der Waals surface area contributed by atoms with Crippen molar-refractivity contribution in [2.45, 2.75) is 6.18 Å². The van der Waals surface area contributed by atoms with Crippen molar-refractivity contribution < 1.29 is 27.4 Å². The molecule has 0 unspecified atom stereocenters. The molecule has 0 spiro atoms. The van der Waals surface area contributed by atoms with E-state index in [1.807, 2.05) is 0 Å². The van der Waals surface area contributed by atoms with Gasteiger partial charge < -0.3 is 9.47 Å². The van der Waals surface area contributed by atoms with Crippen molar-refractivity contribution in [2.75, 3.05) is 7.11 Å². The van der Waals surface area contributed by atoms with Crippen LogP contribution in [0.1, 0.15) is 15.9 Å². The third kappa shape index (κ3) is 4.88. The lowest BCUT2D eigenvalue weighted by molar-refractivity contribution is -0.0802. The van der Waals surface area contributed by atoms with Crippen LogP contribution in [0.25, 0.3) is 5.76 Å². The molecule has 0 aliphatic carbocycles. The third-order valence-corrected chi connectivity index (χ3v) is 2.88. The van der Waals surface area contributed by atoms with Crippen LogP contribution < -0.4 is 4.74 Å². The van der Waals surface area contributed by atoms with Crippen LogP contribution in [0.5, 0.6) is 5.75 Å². The number of allylic oxidation sites excluding steroid dienone is 1. The molecule has 2 rings (SSSR count). The largest absolute Gasteiger partial charge is 0.497 e. The lowest BCUT2D eigenvalue weighted by atomic mass is 10.1. The molecular weight excluding hydrogens is 309 g/mol. The Morgan fingerprint density at radius 3 is 2.09 bits per heavy atom. The summed E-state index contributed by atoms with van der Waals surface area (Å²) in [6, 6.07) is 13.5. The molecule has 0 bridgehead atoms. The van der Waals surface area contributed by atoms with Gasteiger partial charge in [-0.3, -0.25) is 0 Å². The van der Waals surface area contributed by atoms with E-state index in [-0.39, 0.29) is 17.2 Å². The number of benzene rings is 2. The van der Waals surface area contributed by atoms with Gasteiger partial charge in [0, 0.05) is 5.56 Å². The van der Waals surface area contributed by atoms with Gasteiger partial charge >= 0.3 is 12.1 Å². The smallest absolute Gasteiger partial charge is 0.413 e. The standard InChI is InChI=1S/C17H13F3O3/c1-22-14-9-7-12(8-10-14)15(11-17(18,19)20)23-16(21)13-5-3-2-4-6-13/h2-11H,1H3/b15-11+. The van der Waals surface area contributed by atoms with Crippen molar-refractivity contribution in [3.8, 4) is 5.75 Å². The lowest BCUT2D eigenvalue weighted by Crippen LogP contribution is -2.09. The van der Waals surface area contributed by atoms with Crippen LogP contribution in [-0.2, 0) is 4.74 Å². The molecule has 0 amide bonds. The summed E-state index contributed by atoms with van der Waals surface area (Å²) < 4.78 is 48.0. The Morgan fingerprint density at radius 1 is 0.957 bits per heavy atom. The number of carbonyl (C=O) groups excluding carboxylic acids is 1. The molecular formula is C17H13F3O3. The highest BCUT2D eigenvalue weighted by molar-refractivity contribution is 5.93. The van der Waals surface area contributed by atoms with E-state index in [1.54, 1.807) is 18.2 Å². The Hall–Kier alpha value is -2.76. The SMILES string of the molecule is COc1ccc(/C(=C\C(F)(F)F)OC(=O)c2ccccc2)cc1. The number of methoxy groups -OCH3 is 1. The van der Waals surface area contributed by atoms with E-state index in [0.717, 1.165) is 0 Å². The first kappa shape index (κ1) is 16.6. The predicted octanol–water partition coefficient (Wildman–Crippen LogP) is 4.46. The maximum absolute atomic E-state index is 12.7. The van der Waals surface area contributed by atoms with E-state index in [4.69, 9.17) is 9.47 Å². The number of ether oxygens (including phenoxy) is 2. The van der Waals surface area contributed by atoms with Crippen LogP contribution in [0.3, 0.4) is 0 Å². The minimum absolute atomic E-state index is 0.0460. The fraction of sp³-hybridized carbons (Fsp3) is 0.118. The molecule has 0 aliphatic rings. The summed E-state index contributed by atoms with van der Waals surface area (Å²) in [7, 11) is 1.44. The van der Waals surface area contributed by atoms with Gasteiger partial charge in [0.05, 0.1) is 18.7 Å². The van der Waals surface area contributed by atoms with Gasteiger partial charge in [0.1, 0.15) is 11.5 Å². The van der Waals surface area contributed by atoms with Crippen LogP contribution in [0.4, 0.5) is 13.2 Å².